The second-order valence-corrected chi connectivity index (χ2v) is 6.72. The predicted octanol–water partition coefficient (Wildman–Crippen LogP) is 2.69. The zero-order valence-corrected chi connectivity index (χ0v) is 12.0. The number of aromatic nitrogens is 2. The van der Waals surface area contributed by atoms with E-state index in [1.807, 2.05) is 6.92 Å². The Labute approximate surface area is 120 Å². The molecule has 2 aromatic rings. The summed E-state index contributed by atoms with van der Waals surface area (Å²) >= 11 is 1.25. The molecule has 0 aromatic carbocycles. The van der Waals surface area contributed by atoms with Crippen LogP contribution in [0.2, 0.25) is 0 Å². The normalized spacial score (nSPS) is 24.8. The number of thiophene rings is 1. The van der Waals surface area contributed by atoms with E-state index in [0.717, 1.165) is 34.1 Å². The van der Waals surface area contributed by atoms with Gasteiger partial charge in [-0.15, -0.1) is 11.3 Å². The standard InChI is InChI=1S/C14H15N3O2S/c1-7-10-12(17-5-8-2-3-9(17)4-8)15-6-16-13(10)20-11(7)14(18)19/h6,8-9H,2-5H2,1H3,(H,18,19). The Morgan fingerprint density at radius 3 is 2.95 bits per heavy atom. The van der Waals surface area contributed by atoms with E-state index in [-0.39, 0.29) is 0 Å². The lowest BCUT2D eigenvalue weighted by Crippen LogP contribution is -2.32. The molecule has 2 fully saturated rings. The van der Waals surface area contributed by atoms with Crippen LogP contribution < -0.4 is 4.90 Å². The van der Waals surface area contributed by atoms with Gasteiger partial charge in [0.2, 0.25) is 0 Å². The average Bonchev–Trinajstić information content (AvgIpc) is 3.12. The maximum atomic E-state index is 11.3. The highest BCUT2D eigenvalue weighted by Gasteiger charge is 2.39. The number of nitrogens with zero attached hydrogens (tertiary/aromatic N) is 3. The monoisotopic (exact) mass is 289 g/mol. The van der Waals surface area contributed by atoms with Gasteiger partial charge in [-0.25, -0.2) is 14.8 Å². The highest BCUT2D eigenvalue weighted by atomic mass is 32.1. The van der Waals surface area contributed by atoms with Crippen LogP contribution in [0, 0.1) is 12.8 Å². The molecular formula is C14H15N3O2S. The molecule has 0 spiro atoms. The molecule has 2 bridgehead atoms. The van der Waals surface area contributed by atoms with Crippen molar-refractivity contribution in [2.45, 2.75) is 32.2 Å². The van der Waals surface area contributed by atoms with Crippen LogP contribution in [-0.2, 0) is 0 Å². The van der Waals surface area contributed by atoms with Crippen molar-refractivity contribution in [3.05, 3.63) is 16.8 Å². The third-order valence-electron chi connectivity index (χ3n) is 4.58. The lowest BCUT2D eigenvalue weighted by Gasteiger charge is -2.28. The van der Waals surface area contributed by atoms with Gasteiger partial charge in [0.15, 0.2) is 0 Å². The molecule has 1 N–H and O–H groups in total. The van der Waals surface area contributed by atoms with E-state index < -0.39 is 5.97 Å². The van der Waals surface area contributed by atoms with Crippen LogP contribution in [0.3, 0.4) is 0 Å². The van der Waals surface area contributed by atoms with E-state index in [9.17, 15) is 9.90 Å². The maximum Gasteiger partial charge on any atom is 0.346 e. The second-order valence-electron chi connectivity index (χ2n) is 5.72. The molecular weight excluding hydrogens is 274 g/mol. The lowest BCUT2D eigenvalue weighted by atomic mass is 10.1. The van der Waals surface area contributed by atoms with Gasteiger partial charge in [-0.3, -0.25) is 0 Å². The molecule has 2 unspecified atom stereocenters. The first kappa shape index (κ1) is 12.1. The SMILES string of the molecule is Cc1c(C(=O)O)sc2ncnc(N3CC4CCC3C4)c12. The Morgan fingerprint density at radius 1 is 1.45 bits per heavy atom. The molecule has 4 rings (SSSR count). The summed E-state index contributed by atoms with van der Waals surface area (Å²) in [6, 6.07) is 0.575. The Bertz CT molecular complexity index is 712. The molecule has 3 heterocycles. The van der Waals surface area contributed by atoms with Crippen molar-refractivity contribution in [1.29, 1.82) is 0 Å². The fraction of sp³-hybridized carbons (Fsp3) is 0.500. The van der Waals surface area contributed by atoms with Crippen molar-refractivity contribution in [2.24, 2.45) is 5.92 Å². The number of carboxylic acids is 1. The summed E-state index contributed by atoms with van der Waals surface area (Å²) in [5.74, 6) is 0.839. The summed E-state index contributed by atoms with van der Waals surface area (Å²) in [7, 11) is 0. The topological polar surface area (TPSA) is 66.3 Å². The molecule has 2 atom stereocenters. The van der Waals surface area contributed by atoms with E-state index in [2.05, 4.69) is 14.9 Å². The van der Waals surface area contributed by atoms with Gasteiger partial charge in [-0.1, -0.05) is 0 Å². The third kappa shape index (κ3) is 1.57. The zero-order chi connectivity index (χ0) is 13.9. The fourth-order valence-electron chi connectivity index (χ4n) is 3.66. The first-order valence-electron chi connectivity index (χ1n) is 6.89. The van der Waals surface area contributed by atoms with Crippen molar-refractivity contribution in [1.82, 2.24) is 9.97 Å². The number of piperidine rings is 1. The van der Waals surface area contributed by atoms with Gasteiger partial charge in [0.05, 0.1) is 5.39 Å². The average molecular weight is 289 g/mol. The van der Waals surface area contributed by atoms with Gasteiger partial charge < -0.3 is 10.0 Å². The number of rotatable bonds is 2. The number of hydrogen-bond donors (Lipinski definition) is 1. The maximum absolute atomic E-state index is 11.3. The molecule has 1 aliphatic heterocycles. The highest BCUT2D eigenvalue weighted by Crippen LogP contribution is 2.43. The van der Waals surface area contributed by atoms with Crippen LogP contribution in [-0.4, -0.2) is 33.6 Å². The van der Waals surface area contributed by atoms with Crippen molar-refractivity contribution in [3.63, 3.8) is 0 Å². The Morgan fingerprint density at radius 2 is 2.30 bits per heavy atom. The van der Waals surface area contributed by atoms with E-state index in [1.54, 1.807) is 6.33 Å². The summed E-state index contributed by atoms with van der Waals surface area (Å²) in [5.41, 5.74) is 0.802. The minimum absolute atomic E-state index is 0.381. The number of fused-ring (bicyclic) bond motifs is 3. The minimum Gasteiger partial charge on any atom is -0.477 e. The predicted molar refractivity (Wildman–Crippen MR) is 77.6 cm³/mol. The number of carboxylic acid groups (broad SMARTS) is 1. The van der Waals surface area contributed by atoms with E-state index in [1.165, 1.54) is 30.6 Å². The van der Waals surface area contributed by atoms with Gasteiger partial charge in [-0.05, 0) is 37.7 Å². The lowest BCUT2D eigenvalue weighted by molar-refractivity contribution is 0.0701. The molecule has 2 aromatic heterocycles. The molecule has 2 aliphatic rings. The number of hydrogen-bond acceptors (Lipinski definition) is 5. The van der Waals surface area contributed by atoms with E-state index in [0.29, 0.717) is 10.9 Å². The molecule has 0 radical (unpaired) electrons. The van der Waals surface area contributed by atoms with Crippen LogP contribution in [0.25, 0.3) is 10.2 Å². The molecule has 104 valence electrons. The molecule has 20 heavy (non-hydrogen) atoms. The minimum atomic E-state index is -0.876. The van der Waals surface area contributed by atoms with Crippen molar-refractivity contribution in [3.8, 4) is 0 Å². The molecule has 0 amide bonds. The van der Waals surface area contributed by atoms with Gasteiger partial charge >= 0.3 is 5.97 Å². The van der Waals surface area contributed by atoms with Gasteiger partial charge in [0, 0.05) is 12.6 Å². The molecule has 1 saturated carbocycles. The second kappa shape index (κ2) is 4.15. The van der Waals surface area contributed by atoms with E-state index >= 15 is 0 Å². The van der Waals surface area contributed by atoms with Gasteiger partial charge in [0.25, 0.3) is 0 Å². The molecule has 1 saturated heterocycles. The Balaban J connectivity index is 1.89. The first-order chi connectivity index (χ1) is 9.65. The van der Waals surface area contributed by atoms with E-state index in [4.69, 9.17) is 0 Å². The molecule has 5 nitrogen and oxygen atoms in total. The summed E-state index contributed by atoms with van der Waals surface area (Å²) in [6.45, 7) is 2.91. The van der Waals surface area contributed by atoms with Crippen molar-refractivity contribution >= 4 is 33.3 Å². The van der Waals surface area contributed by atoms with Crippen LogP contribution in [0.1, 0.15) is 34.5 Å². The zero-order valence-electron chi connectivity index (χ0n) is 11.2. The third-order valence-corrected chi connectivity index (χ3v) is 5.77. The van der Waals surface area contributed by atoms with Gasteiger partial charge in [0.1, 0.15) is 21.9 Å². The number of carbonyl (C=O) groups is 1. The van der Waals surface area contributed by atoms with Crippen LogP contribution >= 0.6 is 11.3 Å². The quantitative estimate of drug-likeness (QED) is 0.920. The largest absolute Gasteiger partial charge is 0.477 e. The number of aryl methyl sites for hydroxylation is 1. The fourth-order valence-corrected chi connectivity index (χ4v) is 4.64. The van der Waals surface area contributed by atoms with Crippen LogP contribution in [0.15, 0.2) is 6.33 Å². The number of anilines is 1. The van der Waals surface area contributed by atoms with Gasteiger partial charge in [-0.2, -0.15) is 0 Å². The highest BCUT2D eigenvalue weighted by molar-refractivity contribution is 7.20. The number of aromatic carboxylic acids is 1. The van der Waals surface area contributed by atoms with Crippen molar-refractivity contribution in [2.75, 3.05) is 11.4 Å². The van der Waals surface area contributed by atoms with Crippen LogP contribution in [0.5, 0.6) is 0 Å². The van der Waals surface area contributed by atoms with Crippen LogP contribution in [0.4, 0.5) is 5.82 Å². The first-order valence-corrected chi connectivity index (χ1v) is 7.71. The molecule has 1 aliphatic carbocycles. The Hall–Kier alpha value is -1.69. The summed E-state index contributed by atoms with van der Waals surface area (Å²) in [6.07, 6.45) is 5.36. The summed E-state index contributed by atoms with van der Waals surface area (Å²) in [5, 5.41) is 10.2. The molecule has 6 heteroatoms. The Kier molecular flexibility index (Phi) is 2.51. The summed E-state index contributed by atoms with van der Waals surface area (Å²) < 4.78 is 0. The smallest absolute Gasteiger partial charge is 0.346 e. The summed E-state index contributed by atoms with van der Waals surface area (Å²) in [4.78, 5) is 23.6. The van der Waals surface area contributed by atoms with Crippen molar-refractivity contribution < 1.29 is 9.90 Å².